The molecule has 1 saturated heterocycles. The molecule has 422 valence electrons. The molecule has 0 aromatic heterocycles. The second-order valence-corrected chi connectivity index (χ2v) is 22.2. The first-order chi connectivity index (χ1) is 34.8. The van der Waals surface area contributed by atoms with Gasteiger partial charge in [-0.3, -0.25) is 4.79 Å². The van der Waals surface area contributed by atoms with Crippen molar-refractivity contribution in [3.63, 3.8) is 0 Å². The molecular formula is C62H121NO8. The number of ether oxygens (including phenoxy) is 2. The Balaban J connectivity index is 2.12. The van der Waals surface area contributed by atoms with Crippen LogP contribution in [0.4, 0.5) is 0 Å². The Kier molecular flexibility index (Phi) is 50.1. The summed E-state index contributed by atoms with van der Waals surface area (Å²) in [5, 5.41) is 54.6. The van der Waals surface area contributed by atoms with Gasteiger partial charge in [0.15, 0.2) is 6.29 Å². The quantitative estimate of drug-likeness (QED) is 0.0261. The van der Waals surface area contributed by atoms with Gasteiger partial charge in [-0.25, -0.2) is 0 Å². The van der Waals surface area contributed by atoms with E-state index >= 15 is 0 Å². The van der Waals surface area contributed by atoms with Gasteiger partial charge in [-0.1, -0.05) is 309 Å². The number of aliphatic hydroxyl groups excluding tert-OH is 5. The molecule has 1 fully saturated rings. The second kappa shape index (κ2) is 52.4. The van der Waals surface area contributed by atoms with Gasteiger partial charge in [-0.05, 0) is 19.3 Å². The number of hydrogen-bond acceptors (Lipinski definition) is 8. The molecule has 0 bridgehead atoms. The topological polar surface area (TPSA) is 149 Å². The van der Waals surface area contributed by atoms with Crippen LogP contribution in [0.15, 0.2) is 12.2 Å². The number of unbranched alkanes of at least 4 members (excludes halogenated alkanes) is 45. The maximum absolute atomic E-state index is 13.1. The molecule has 0 radical (unpaired) electrons. The van der Waals surface area contributed by atoms with Crippen LogP contribution in [0.1, 0.15) is 322 Å². The predicted molar refractivity (Wildman–Crippen MR) is 300 cm³/mol. The lowest BCUT2D eigenvalue weighted by Crippen LogP contribution is -2.60. The number of aliphatic hydroxyl groups is 5. The fourth-order valence-corrected chi connectivity index (χ4v) is 10.4. The van der Waals surface area contributed by atoms with E-state index in [0.29, 0.717) is 6.42 Å². The highest BCUT2D eigenvalue weighted by Crippen LogP contribution is 2.23. The van der Waals surface area contributed by atoms with Crippen molar-refractivity contribution in [2.24, 2.45) is 0 Å². The van der Waals surface area contributed by atoms with E-state index in [1.54, 1.807) is 6.08 Å². The van der Waals surface area contributed by atoms with E-state index in [4.69, 9.17) is 9.47 Å². The number of carbonyl (C=O) groups excluding carboxylic acids is 1. The maximum atomic E-state index is 13.1. The fraction of sp³-hybridized carbons (Fsp3) is 0.952. The monoisotopic (exact) mass is 1010 g/mol. The van der Waals surface area contributed by atoms with Crippen LogP contribution in [-0.4, -0.2) is 87.5 Å². The van der Waals surface area contributed by atoms with E-state index < -0.39 is 49.5 Å². The van der Waals surface area contributed by atoms with Crippen LogP contribution >= 0.6 is 0 Å². The first-order valence-corrected chi connectivity index (χ1v) is 31.4. The minimum Gasteiger partial charge on any atom is -0.394 e. The number of carbonyl (C=O) groups is 1. The molecule has 0 saturated carbocycles. The molecule has 6 N–H and O–H groups in total. The molecule has 0 spiro atoms. The third-order valence-corrected chi connectivity index (χ3v) is 15.4. The predicted octanol–water partition coefficient (Wildman–Crippen LogP) is 16.0. The van der Waals surface area contributed by atoms with Crippen LogP contribution in [0, 0.1) is 0 Å². The van der Waals surface area contributed by atoms with Crippen molar-refractivity contribution in [3.8, 4) is 0 Å². The number of nitrogens with one attached hydrogen (secondary N) is 1. The average Bonchev–Trinajstić information content (AvgIpc) is 3.37. The second-order valence-electron chi connectivity index (χ2n) is 22.2. The molecule has 0 aromatic carbocycles. The number of amides is 1. The van der Waals surface area contributed by atoms with Crippen LogP contribution in [-0.2, 0) is 14.3 Å². The summed E-state index contributed by atoms with van der Waals surface area (Å²) < 4.78 is 11.3. The fourth-order valence-electron chi connectivity index (χ4n) is 10.4. The lowest BCUT2D eigenvalue weighted by molar-refractivity contribution is -0.302. The Morgan fingerprint density at radius 2 is 0.775 bits per heavy atom. The molecule has 1 amide bonds. The van der Waals surface area contributed by atoms with Crippen molar-refractivity contribution in [2.45, 2.75) is 365 Å². The van der Waals surface area contributed by atoms with Crippen LogP contribution in [0.2, 0.25) is 0 Å². The molecule has 1 heterocycles. The minimum absolute atomic E-state index is 0.169. The zero-order valence-electron chi connectivity index (χ0n) is 47.0. The van der Waals surface area contributed by atoms with E-state index in [1.165, 1.54) is 263 Å². The molecule has 7 atom stereocenters. The molecule has 71 heavy (non-hydrogen) atoms. The Labute approximate surface area is 439 Å². The van der Waals surface area contributed by atoms with Gasteiger partial charge >= 0.3 is 0 Å². The van der Waals surface area contributed by atoms with Gasteiger partial charge in [0.1, 0.15) is 24.4 Å². The van der Waals surface area contributed by atoms with Crippen LogP contribution in [0.5, 0.6) is 0 Å². The normalized spacial score (nSPS) is 19.2. The summed E-state index contributed by atoms with van der Waals surface area (Å²) in [7, 11) is 0. The average molecular weight is 1010 g/mol. The molecule has 1 rings (SSSR count). The number of hydrogen-bond donors (Lipinski definition) is 6. The molecule has 2 unspecified atom stereocenters. The highest BCUT2D eigenvalue weighted by Gasteiger charge is 2.44. The van der Waals surface area contributed by atoms with Gasteiger partial charge in [0.2, 0.25) is 5.91 Å². The van der Waals surface area contributed by atoms with Crippen LogP contribution in [0.3, 0.4) is 0 Å². The number of allylic oxidation sites excluding steroid dienone is 1. The van der Waals surface area contributed by atoms with E-state index in [0.717, 1.165) is 38.5 Å². The molecular weight excluding hydrogens is 887 g/mol. The van der Waals surface area contributed by atoms with Crippen LogP contribution in [0.25, 0.3) is 0 Å². The van der Waals surface area contributed by atoms with Crippen molar-refractivity contribution in [1.29, 1.82) is 0 Å². The smallest absolute Gasteiger partial charge is 0.220 e. The standard InChI is InChI=1S/C62H121NO8/c1-3-5-7-9-11-13-15-17-19-21-22-23-24-25-26-27-28-29-30-31-32-33-34-36-38-40-42-44-46-48-50-52-58(66)63-55(54-70-62-61(69)60(68)59(67)57(53-64)71-62)56(65)51-49-47-45-43-41-39-37-35-20-18-16-14-12-10-8-6-4-2/h49,51,55-57,59-62,64-65,67-69H,3-48,50,52-54H2,1-2H3,(H,63,66)/b51-49+/t55-,56+,57+,59+,60?,61?,62+/m0/s1. The molecule has 0 aliphatic carbocycles. The summed E-state index contributed by atoms with van der Waals surface area (Å²) in [4.78, 5) is 13.1. The van der Waals surface area contributed by atoms with Crippen LogP contribution < -0.4 is 5.32 Å². The van der Waals surface area contributed by atoms with Gasteiger partial charge in [-0.2, -0.15) is 0 Å². The summed E-state index contributed by atoms with van der Waals surface area (Å²) in [6, 6.07) is -0.800. The molecule has 9 heteroatoms. The van der Waals surface area contributed by atoms with Gasteiger partial charge in [0.05, 0.1) is 25.4 Å². The van der Waals surface area contributed by atoms with Crippen molar-refractivity contribution < 1.29 is 39.8 Å². The zero-order valence-corrected chi connectivity index (χ0v) is 47.0. The molecule has 1 aliphatic heterocycles. The number of rotatable bonds is 55. The lowest BCUT2D eigenvalue weighted by Gasteiger charge is -2.40. The summed E-state index contributed by atoms with van der Waals surface area (Å²) >= 11 is 0. The lowest BCUT2D eigenvalue weighted by atomic mass is 9.99. The molecule has 1 aliphatic rings. The van der Waals surface area contributed by atoms with Gasteiger partial charge in [-0.15, -0.1) is 0 Å². The zero-order chi connectivity index (χ0) is 51.5. The van der Waals surface area contributed by atoms with E-state index in [1.807, 2.05) is 6.08 Å². The van der Waals surface area contributed by atoms with Crippen molar-refractivity contribution in [1.82, 2.24) is 5.32 Å². The Hall–Kier alpha value is -1.07. The van der Waals surface area contributed by atoms with E-state index in [9.17, 15) is 30.3 Å². The third kappa shape index (κ3) is 41.8. The van der Waals surface area contributed by atoms with E-state index in [2.05, 4.69) is 19.2 Å². The largest absolute Gasteiger partial charge is 0.394 e. The van der Waals surface area contributed by atoms with Gasteiger partial charge in [0, 0.05) is 6.42 Å². The Morgan fingerprint density at radius 3 is 1.10 bits per heavy atom. The highest BCUT2D eigenvalue weighted by atomic mass is 16.7. The van der Waals surface area contributed by atoms with Gasteiger partial charge < -0.3 is 40.3 Å². The summed E-state index contributed by atoms with van der Waals surface area (Å²) in [6.45, 7) is 3.83. The van der Waals surface area contributed by atoms with E-state index in [-0.39, 0.29) is 12.5 Å². The minimum atomic E-state index is -1.56. The maximum Gasteiger partial charge on any atom is 0.220 e. The summed E-state index contributed by atoms with van der Waals surface area (Å²) in [5.41, 5.74) is 0. The highest BCUT2D eigenvalue weighted by molar-refractivity contribution is 5.76. The first-order valence-electron chi connectivity index (χ1n) is 31.4. The Bertz CT molecular complexity index is 1120. The Morgan fingerprint density at radius 1 is 0.465 bits per heavy atom. The first kappa shape index (κ1) is 67.9. The van der Waals surface area contributed by atoms with Crippen molar-refractivity contribution in [2.75, 3.05) is 13.2 Å². The third-order valence-electron chi connectivity index (χ3n) is 15.4. The summed E-state index contributed by atoms with van der Waals surface area (Å²) in [5.74, 6) is -0.169. The molecule has 0 aromatic rings. The summed E-state index contributed by atoms with van der Waals surface area (Å²) in [6.07, 6.45) is 58.7. The van der Waals surface area contributed by atoms with Gasteiger partial charge in [0.25, 0.3) is 0 Å². The van der Waals surface area contributed by atoms with Crippen molar-refractivity contribution >= 4 is 5.91 Å². The molecule has 9 nitrogen and oxygen atoms in total. The SMILES string of the molecule is CCCCCCCCCCCCCCCCC/C=C/[C@@H](O)[C@H](CO[C@@H]1O[C@H](CO)[C@@H](O)C(O)C1O)NC(=O)CCCCCCCCCCCCCCCCCCCCCCCCCCCCCCCCC. The van der Waals surface area contributed by atoms with Crippen molar-refractivity contribution in [3.05, 3.63) is 12.2 Å².